The fourth-order valence-electron chi connectivity index (χ4n) is 2.65. The van der Waals surface area contributed by atoms with E-state index in [9.17, 15) is 14.7 Å². The van der Waals surface area contributed by atoms with E-state index in [-0.39, 0.29) is 17.6 Å². The van der Waals surface area contributed by atoms with Crippen molar-refractivity contribution in [3.8, 4) is 0 Å². The maximum atomic E-state index is 12.6. The van der Waals surface area contributed by atoms with E-state index in [1.165, 1.54) is 0 Å². The molecule has 2 rings (SSSR count). The molecule has 24 heavy (non-hydrogen) atoms. The highest BCUT2D eigenvalue weighted by atomic mass is 16.3. The van der Waals surface area contributed by atoms with E-state index in [0.29, 0.717) is 29.7 Å². The van der Waals surface area contributed by atoms with Crippen LogP contribution in [0.25, 0.3) is 0 Å². The normalized spacial score (nSPS) is 13.1. The summed E-state index contributed by atoms with van der Waals surface area (Å²) in [4.78, 5) is 25.1. The number of rotatable bonds is 7. The Morgan fingerprint density at radius 3 is 2.17 bits per heavy atom. The van der Waals surface area contributed by atoms with E-state index < -0.39 is 6.10 Å². The van der Waals surface area contributed by atoms with Crippen molar-refractivity contribution in [1.82, 2.24) is 5.32 Å². The van der Waals surface area contributed by atoms with Crippen LogP contribution in [-0.4, -0.2) is 29.4 Å². The Kier molecular flexibility index (Phi) is 6.27. The van der Waals surface area contributed by atoms with Crippen LogP contribution in [0.1, 0.15) is 46.5 Å². The Bertz CT molecular complexity index is 695. The molecule has 2 atom stereocenters. The molecule has 2 aromatic carbocycles. The number of carbonyl (C=O) groups excluding carboxylic acids is 2. The number of aliphatic hydroxyl groups is 1. The lowest BCUT2D eigenvalue weighted by Crippen LogP contribution is -2.30. The topological polar surface area (TPSA) is 66.4 Å². The third-order valence-electron chi connectivity index (χ3n) is 3.81. The number of benzene rings is 2. The quantitative estimate of drug-likeness (QED) is 0.769. The summed E-state index contributed by atoms with van der Waals surface area (Å²) in [7, 11) is 0. The second-order valence-electron chi connectivity index (χ2n) is 6.14. The predicted molar refractivity (Wildman–Crippen MR) is 94.1 cm³/mol. The van der Waals surface area contributed by atoms with Crippen molar-refractivity contribution < 1.29 is 14.7 Å². The smallest absolute Gasteiger partial charge is 0.252 e. The van der Waals surface area contributed by atoms with Gasteiger partial charge in [0.1, 0.15) is 0 Å². The molecule has 0 saturated heterocycles. The van der Waals surface area contributed by atoms with Crippen molar-refractivity contribution in [3.05, 3.63) is 71.3 Å². The zero-order valence-electron chi connectivity index (χ0n) is 14.0. The fraction of sp³-hybridized carbons (Fsp3) is 0.300. The summed E-state index contributed by atoms with van der Waals surface area (Å²) in [6, 6.07) is 15.7. The van der Waals surface area contributed by atoms with E-state index in [1.54, 1.807) is 55.5 Å². The number of nitrogens with one attached hydrogen (secondary N) is 1. The summed E-state index contributed by atoms with van der Waals surface area (Å²) in [5, 5.41) is 12.2. The van der Waals surface area contributed by atoms with Crippen molar-refractivity contribution in [3.63, 3.8) is 0 Å². The zero-order chi connectivity index (χ0) is 17.5. The lowest BCUT2D eigenvalue weighted by Gasteiger charge is -2.15. The summed E-state index contributed by atoms with van der Waals surface area (Å²) >= 11 is 0. The van der Waals surface area contributed by atoms with Gasteiger partial charge in [-0.3, -0.25) is 9.59 Å². The number of ketones is 1. The van der Waals surface area contributed by atoms with Gasteiger partial charge in [0, 0.05) is 17.7 Å². The average Bonchev–Trinajstić information content (AvgIpc) is 2.59. The molecular formula is C20H23NO3. The molecule has 2 aromatic rings. The number of aliphatic hydroxyl groups excluding tert-OH is 1. The first-order valence-corrected chi connectivity index (χ1v) is 8.14. The van der Waals surface area contributed by atoms with Gasteiger partial charge >= 0.3 is 0 Å². The van der Waals surface area contributed by atoms with Gasteiger partial charge < -0.3 is 10.4 Å². The Morgan fingerprint density at radius 2 is 1.54 bits per heavy atom. The van der Waals surface area contributed by atoms with Gasteiger partial charge in [0.25, 0.3) is 5.91 Å². The first-order chi connectivity index (χ1) is 11.5. The number of amides is 1. The molecule has 0 heterocycles. The molecule has 0 aromatic heterocycles. The zero-order valence-corrected chi connectivity index (χ0v) is 14.0. The largest absolute Gasteiger partial charge is 0.393 e. The van der Waals surface area contributed by atoms with Crippen molar-refractivity contribution in [2.24, 2.45) is 5.92 Å². The van der Waals surface area contributed by atoms with Gasteiger partial charge in [0.2, 0.25) is 0 Å². The van der Waals surface area contributed by atoms with Crippen LogP contribution >= 0.6 is 0 Å². The highest BCUT2D eigenvalue weighted by Crippen LogP contribution is 2.15. The Labute approximate surface area is 142 Å². The molecule has 126 valence electrons. The number of hydrogen-bond donors (Lipinski definition) is 2. The molecule has 0 aliphatic rings. The van der Waals surface area contributed by atoms with Crippen LogP contribution in [0.2, 0.25) is 0 Å². The van der Waals surface area contributed by atoms with Gasteiger partial charge in [-0.2, -0.15) is 0 Å². The van der Waals surface area contributed by atoms with Gasteiger partial charge in [0.15, 0.2) is 5.78 Å². The van der Waals surface area contributed by atoms with Crippen molar-refractivity contribution in [2.45, 2.75) is 26.4 Å². The van der Waals surface area contributed by atoms with Crippen LogP contribution < -0.4 is 5.32 Å². The lowest BCUT2D eigenvalue weighted by molar-refractivity contribution is 0.0929. The first kappa shape index (κ1) is 17.9. The Morgan fingerprint density at radius 1 is 0.958 bits per heavy atom. The average molecular weight is 325 g/mol. The highest BCUT2D eigenvalue weighted by Gasteiger charge is 2.18. The standard InChI is InChI=1S/C20H23NO3/c1-14(12-15(2)22)13-21-20(24)18-11-7-6-10-17(18)19(23)16-8-4-3-5-9-16/h3-11,14-15,22H,12-13H2,1-2H3,(H,21,24). The second kappa shape index (κ2) is 8.41. The van der Waals surface area contributed by atoms with Crippen LogP contribution in [0.3, 0.4) is 0 Å². The van der Waals surface area contributed by atoms with E-state index in [4.69, 9.17) is 0 Å². The van der Waals surface area contributed by atoms with Crippen LogP contribution in [-0.2, 0) is 0 Å². The molecular weight excluding hydrogens is 302 g/mol. The van der Waals surface area contributed by atoms with Gasteiger partial charge in [0.05, 0.1) is 11.7 Å². The molecule has 4 heteroatoms. The van der Waals surface area contributed by atoms with Crippen LogP contribution in [0.15, 0.2) is 54.6 Å². The van der Waals surface area contributed by atoms with Crippen molar-refractivity contribution in [2.75, 3.05) is 6.54 Å². The SMILES string of the molecule is CC(O)CC(C)CNC(=O)c1ccccc1C(=O)c1ccccc1. The van der Waals surface area contributed by atoms with Crippen LogP contribution in [0, 0.1) is 5.92 Å². The van der Waals surface area contributed by atoms with E-state index in [1.807, 2.05) is 13.0 Å². The predicted octanol–water partition coefficient (Wildman–Crippen LogP) is 3.05. The molecule has 2 N–H and O–H groups in total. The summed E-state index contributed by atoms with van der Waals surface area (Å²) in [6.07, 6.45) is 0.217. The van der Waals surface area contributed by atoms with Crippen molar-refractivity contribution >= 4 is 11.7 Å². The summed E-state index contributed by atoms with van der Waals surface area (Å²) in [6.45, 7) is 4.15. The molecule has 0 saturated carbocycles. The molecule has 0 aliphatic carbocycles. The lowest BCUT2D eigenvalue weighted by atomic mass is 9.97. The highest BCUT2D eigenvalue weighted by molar-refractivity contribution is 6.15. The molecule has 2 unspecified atom stereocenters. The van der Waals surface area contributed by atoms with Gasteiger partial charge in [-0.15, -0.1) is 0 Å². The first-order valence-electron chi connectivity index (χ1n) is 8.14. The molecule has 0 fully saturated rings. The molecule has 0 radical (unpaired) electrons. The minimum atomic E-state index is -0.399. The summed E-state index contributed by atoms with van der Waals surface area (Å²) in [5.74, 6) is -0.281. The van der Waals surface area contributed by atoms with E-state index in [0.717, 1.165) is 0 Å². The van der Waals surface area contributed by atoms with E-state index in [2.05, 4.69) is 5.32 Å². The Hall–Kier alpha value is -2.46. The van der Waals surface area contributed by atoms with E-state index >= 15 is 0 Å². The monoisotopic (exact) mass is 325 g/mol. The molecule has 0 aliphatic heterocycles. The Balaban J connectivity index is 2.14. The molecule has 4 nitrogen and oxygen atoms in total. The third-order valence-corrected chi connectivity index (χ3v) is 3.81. The third kappa shape index (κ3) is 4.77. The number of carbonyl (C=O) groups is 2. The summed E-state index contributed by atoms with van der Waals surface area (Å²) in [5.41, 5.74) is 1.32. The minimum Gasteiger partial charge on any atom is -0.393 e. The fourth-order valence-corrected chi connectivity index (χ4v) is 2.65. The van der Waals surface area contributed by atoms with Crippen molar-refractivity contribution in [1.29, 1.82) is 0 Å². The minimum absolute atomic E-state index is 0.158. The maximum absolute atomic E-state index is 12.6. The number of hydrogen-bond acceptors (Lipinski definition) is 3. The van der Waals surface area contributed by atoms with Crippen LogP contribution in [0.4, 0.5) is 0 Å². The van der Waals surface area contributed by atoms with Gasteiger partial charge in [-0.25, -0.2) is 0 Å². The molecule has 0 spiro atoms. The maximum Gasteiger partial charge on any atom is 0.252 e. The summed E-state index contributed by atoms with van der Waals surface area (Å²) < 4.78 is 0. The van der Waals surface area contributed by atoms with Gasteiger partial charge in [-0.05, 0) is 25.3 Å². The van der Waals surface area contributed by atoms with Gasteiger partial charge in [-0.1, -0.05) is 55.5 Å². The molecule has 1 amide bonds. The molecule has 0 bridgehead atoms. The second-order valence-corrected chi connectivity index (χ2v) is 6.14. The van der Waals surface area contributed by atoms with Crippen LogP contribution in [0.5, 0.6) is 0 Å².